The predicted octanol–water partition coefficient (Wildman–Crippen LogP) is 3.50. The molecule has 0 fully saturated rings. The molecule has 0 bridgehead atoms. The quantitative estimate of drug-likeness (QED) is 0.728. The van der Waals surface area contributed by atoms with Gasteiger partial charge in [0, 0.05) is 16.7 Å². The average Bonchev–Trinajstić information content (AvgIpc) is 3.12. The molecule has 0 aliphatic carbocycles. The summed E-state index contributed by atoms with van der Waals surface area (Å²) in [5.74, 6) is 0.0757. The first-order valence-electron chi connectivity index (χ1n) is 7.22. The van der Waals surface area contributed by atoms with Crippen molar-refractivity contribution in [1.29, 1.82) is 0 Å². The van der Waals surface area contributed by atoms with Crippen LogP contribution in [0.5, 0.6) is 0 Å². The number of hydrogen-bond donors (Lipinski definition) is 1. The van der Waals surface area contributed by atoms with Gasteiger partial charge in [-0.15, -0.1) is 6.42 Å². The van der Waals surface area contributed by atoms with Crippen LogP contribution in [0.25, 0.3) is 22.5 Å². The number of benzene rings is 2. The third kappa shape index (κ3) is 3.28. The summed E-state index contributed by atoms with van der Waals surface area (Å²) in [5, 5.41) is 3.34. The molecular formula is C18H10F3N3O2. The van der Waals surface area contributed by atoms with Crippen molar-refractivity contribution in [2.45, 2.75) is 6.18 Å². The maximum atomic E-state index is 12.6. The Morgan fingerprint density at radius 3 is 2.31 bits per heavy atom. The zero-order valence-corrected chi connectivity index (χ0v) is 13.0. The number of nitrogens with zero attached hydrogens (tertiary/aromatic N) is 2. The topological polar surface area (TPSA) is 82.0 Å². The molecule has 130 valence electrons. The molecular weight excluding hydrogens is 347 g/mol. The van der Waals surface area contributed by atoms with Crippen molar-refractivity contribution in [3.63, 3.8) is 0 Å². The number of rotatable bonds is 3. The monoisotopic (exact) mass is 357 g/mol. The number of hydrogen-bond acceptors (Lipinski definition) is 4. The number of aromatic nitrogens is 2. The summed E-state index contributed by atoms with van der Waals surface area (Å²) < 4.78 is 42.1. The van der Waals surface area contributed by atoms with E-state index in [9.17, 15) is 18.0 Å². The second-order valence-corrected chi connectivity index (χ2v) is 5.27. The minimum atomic E-state index is -4.74. The molecule has 1 amide bonds. The molecule has 3 rings (SSSR count). The van der Waals surface area contributed by atoms with Gasteiger partial charge in [0.2, 0.25) is 11.7 Å². The number of carbonyl (C=O) groups excluding carboxylic acids is 1. The molecule has 0 radical (unpaired) electrons. The smallest absolute Gasteiger partial charge is 0.366 e. The summed E-state index contributed by atoms with van der Waals surface area (Å²) in [6, 6.07) is 11.0. The van der Waals surface area contributed by atoms with Gasteiger partial charge in [0.15, 0.2) is 0 Å². The normalized spacial score (nSPS) is 11.2. The Morgan fingerprint density at radius 1 is 1.12 bits per heavy atom. The van der Waals surface area contributed by atoms with Crippen LogP contribution >= 0.6 is 0 Å². The van der Waals surface area contributed by atoms with Crippen molar-refractivity contribution >= 4 is 5.91 Å². The highest BCUT2D eigenvalue weighted by molar-refractivity contribution is 6.00. The van der Waals surface area contributed by atoms with Gasteiger partial charge in [0.1, 0.15) is 0 Å². The molecule has 1 aromatic heterocycles. The van der Waals surface area contributed by atoms with Gasteiger partial charge in [0.05, 0.1) is 0 Å². The van der Waals surface area contributed by atoms with Crippen LogP contribution in [0.3, 0.4) is 0 Å². The van der Waals surface area contributed by atoms with Crippen molar-refractivity contribution in [2.24, 2.45) is 5.73 Å². The zero-order chi connectivity index (χ0) is 18.9. The van der Waals surface area contributed by atoms with E-state index >= 15 is 0 Å². The highest BCUT2D eigenvalue weighted by atomic mass is 19.4. The highest BCUT2D eigenvalue weighted by Gasteiger charge is 2.38. The van der Waals surface area contributed by atoms with Crippen LogP contribution in [0, 0.1) is 12.3 Å². The first-order chi connectivity index (χ1) is 12.3. The Morgan fingerprint density at radius 2 is 1.77 bits per heavy atom. The van der Waals surface area contributed by atoms with Gasteiger partial charge >= 0.3 is 12.1 Å². The lowest BCUT2D eigenvalue weighted by atomic mass is 9.96. The molecule has 0 unspecified atom stereocenters. The van der Waals surface area contributed by atoms with E-state index < -0.39 is 18.0 Å². The zero-order valence-electron chi connectivity index (χ0n) is 13.0. The number of carbonyl (C=O) groups is 1. The van der Waals surface area contributed by atoms with E-state index in [0.29, 0.717) is 16.7 Å². The summed E-state index contributed by atoms with van der Waals surface area (Å²) in [4.78, 5) is 15.0. The van der Waals surface area contributed by atoms with Gasteiger partial charge in [-0.1, -0.05) is 29.3 Å². The Bertz CT molecular complexity index is 1020. The Hall–Kier alpha value is -3.60. The molecule has 1 heterocycles. The SMILES string of the molecule is C#Cc1ccc(-c2cc(-c3noc(C(F)(F)F)n3)ccc2C(N)=O)cc1. The van der Waals surface area contributed by atoms with Crippen molar-refractivity contribution in [2.75, 3.05) is 0 Å². The Labute approximate surface area is 145 Å². The molecule has 0 spiro atoms. The van der Waals surface area contributed by atoms with Gasteiger partial charge in [-0.3, -0.25) is 4.79 Å². The molecule has 0 atom stereocenters. The van der Waals surface area contributed by atoms with Crippen LogP contribution in [0.15, 0.2) is 47.0 Å². The molecule has 0 saturated heterocycles. The lowest BCUT2D eigenvalue weighted by molar-refractivity contribution is -0.159. The van der Waals surface area contributed by atoms with Gasteiger partial charge in [-0.2, -0.15) is 18.2 Å². The Balaban J connectivity index is 2.11. The molecule has 0 aliphatic rings. The van der Waals surface area contributed by atoms with Crippen LogP contribution in [-0.2, 0) is 6.18 Å². The summed E-state index contributed by atoms with van der Waals surface area (Å²) in [6.07, 6.45) is 0.568. The first-order valence-corrected chi connectivity index (χ1v) is 7.22. The van der Waals surface area contributed by atoms with E-state index in [1.165, 1.54) is 18.2 Å². The standard InChI is InChI=1S/C18H10F3N3O2/c1-2-10-3-5-11(6-4-10)14-9-12(7-8-13(14)15(22)25)16-23-17(26-24-16)18(19,20)21/h1,3-9H,(H2,22,25). The number of nitrogens with two attached hydrogens (primary N) is 1. The summed E-state index contributed by atoms with van der Waals surface area (Å²) in [5.41, 5.74) is 7.49. The van der Waals surface area contributed by atoms with Crippen LogP contribution in [-0.4, -0.2) is 16.0 Å². The van der Waals surface area contributed by atoms with E-state index in [1.54, 1.807) is 24.3 Å². The van der Waals surface area contributed by atoms with E-state index in [1.807, 2.05) is 0 Å². The molecule has 3 aromatic rings. The van der Waals surface area contributed by atoms with Crippen molar-refractivity contribution in [3.8, 4) is 34.9 Å². The van der Waals surface area contributed by atoms with Gasteiger partial charge in [0.25, 0.3) is 0 Å². The molecule has 2 aromatic carbocycles. The fourth-order valence-corrected chi connectivity index (χ4v) is 2.34. The second kappa shape index (κ2) is 6.37. The third-order valence-electron chi connectivity index (χ3n) is 3.57. The first kappa shape index (κ1) is 17.2. The van der Waals surface area contributed by atoms with Crippen LogP contribution in [0.2, 0.25) is 0 Å². The van der Waals surface area contributed by atoms with Crippen LogP contribution in [0.4, 0.5) is 13.2 Å². The minimum absolute atomic E-state index is 0.196. The number of alkyl halides is 3. The van der Waals surface area contributed by atoms with E-state index in [0.717, 1.165) is 0 Å². The predicted molar refractivity (Wildman–Crippen MR) is 86.6 cm³/mol. The van der Waals surface area contributed by atoms with Gasteiger partial charge in [-0.05, 0) is 35.4 Å². The van der Waals surface area contributed by atoms with Crippen LogP contribution in [0.1, 0.15) is 21.8 Å². The second-order valence-electron chi connectivity index (χ2n) is 5.27. The van der Waals surface area contributed by atoms with Crippen molar-refractivity contribution in [1.82, 2.24) is 10.1 Å². The van der Waals surface area contributed by atoms with E-state index in [2.05, 4.69) is 20.6 Å². The number of amides is 1. The summed E-state index contributed by atoms with van der Waals surface area (Å²) >= 11 is 0. The minimum Gasteiger partial charge on any atom is -0.366 e. The van der Waals surface area contributed by atoms with Crippen molar-refractivity contribution < 1.29 is 22.5 Å². The van der Waals surface area contributed by atoms with Gasteiger partial charge < -0.3 is 10.3 Å². The maximum Gasteiger partial charge on any atom is 0.471 e. The largest absolute Gasteiger partial charge is 0.471 e. The highest BCUT2D eigenvalue weighted by Crippen LogP contribution is 2.32. The van der Waals surface area contributed by atoms with Crippen LogP contribution < -0.4 is 5.73 Å². The lowest BCUT2D eigenvalue weighted by Crippen LogP contribution is -2.12. The van der Waals surface area contributed by atoms with E-state index in [4.69, 9.17) is 12.2 Å². The van der Waals surface area contributed by atoms with Crippen molar-refractivity contribution in [3.05, 3.63) is 59.5 Å². The fourth-order valence-electron chi connectivity index (χ4n) is 2.34. The molecule has 5 nitrogen and oxygen atoms in total. The molecule has 26 heavy (non-hydrogen) atoms. The number of terminal acetylenes is 1. The fraction of sp³-hybridized carbons (Fsp3) is 0.0556. The summed E-state index contributed by atoms with van der Waals surface area (Å²) in [6.45, 7) is 0. The maximum absolute atomic E-state index is 12.6. The molecule has 0 saturated carbocycles. The number of primary amides is 1. The van der Waals surface area contributed by atoms with E-state index in [-0.39, 0.29) is 17.0 Å². The van der Waals surface area contributed by atoms with Gasteiger partial charge in [-0.25, -0.2) is 0 Å². The third-order valence-corrected chi connectivity index (χ3v) is 3.57. The Kier molecular flexibility index (Phi) is 4.22. The molecule has 2 N–H and O–H groups in total. The number of halogens is 3. The lowest BCUT2D eigenvalue weighted by Gasteiger charge is -2.09. The molecule has 0 aliphatic heterocycles. The summed E-state index contributed by atoms with van der Waals surface area (Å²) in [7, 11) is 0. The average molecular weight is 357 g/mol. The molecule has 8 heteroatoms.